The van der Waals surface area contributed by atoms with Crippen molar-refractivity contribution in [3.05, 3.63) is 48.0 Å². The number of fused-ring (bicyclic) bond motifs is 1. The molecular formula is C23H32O2. The minimum atomic E-state index is -0.210. The van der Waals surface area contributed by atoms with E-state index in [1.54, 1.807) is 0 Å². The van der Waals surface area contributed by atoms with Crippen LogP contribution >= 0.6 is 0 Å². The Bertz CT molecular complexity index is 647. The van der Waals surface area contributed by atoms with E-state index >= 15 is 0 Å². The van der Waals surface area contributed by atoms with Gasteiger partial charge in [0.25, 0.3) is 0 Å². The highest BCUT2D eigenvalue weighted by Gasteiger charge is 2.12. The van der Waals surface area contributed by atoms with Gasteiger partial charge in [0.05, 0.1) is 11.7 Å². The first-order chi connectivity index (χ1) is 12.2. The fraction of sp³-hybridized carbons (Fsp3) is 0.522. The molecule has 2 rings (SSSR count). The number of unbranched alkanes of at least 4 members (excludes halogenated alkanes) is 7. The van der Waals surface area contributed by atoms with Gasteiger partial charge in [-0.25, -0.2) is 4.79 Å². The van der Waals surface area contributed by atoms with Gasteiger partial charge < -0.3 is 4.74 Å². The molecule has 0 aliphatic heterocycles. The number of carbonyl (C=O) groups excluding carboxylic acids is 1. The molecule has 2 nitrogen and oxygen atoms in total. The maximum Gasteiger partial charge on any atom is 0.338 e. The van der Waals surface area contributed by atoms with Gasteiger partial charge in [-0.05, 0) is 42.7 Å². The van der Waals surface area contributed by atoms with Gasteiger partial charge in [-0.2, -0.15) is 0 Å². The van der Waals surface area contributed by atoms with E-state index in [-0.39, 0.29) is 12.1 Å². The second-order valence-corrected chi connectivity index (χ2v) is 7.04. The maximum atomic E-state index is 12.3. The van der Waals surface area contributed by atoms with Gasteiger partial charge in [0.2, 0.25) is 0 Å². The number of hydrogen-bond acceptors (Lipinski definition) is 2. The van der Waals surface area contributed by atoms with Crippen molar-refractivity contribution in [2.24, 2.45) is 0 Å². The normalized spacial score (nSPS) is 12.2. The molecule has 25 heavy (non-hydrogen) atoms. The van der Waals surface area contributed by atoms with Crippen molar-refractivity contribution in [2.45, 2.75) is 77.7 Å². The lowest BCUT2D eigenvalue weighted by molar-refractivity contribution is 0.0319. The Labute approximate surface area is 152 Å². The van der Waals surface area contributed by atoms with Crippen LogP contribution in [0.4, 0.5) is 0 Å². The lowest BCUT2D eigenvalue weighted by atomic mass is 10.1. The molecule has 0 aromatic heterocycles. The van der Waals surface area contributed by atoms with E-state index in [4.69, 9.17) is 4.74 Å². The summed E-state index contributed by atoms with van der Waals surface area (Å²) in [5, 5.41) is 2.22. The Balaban J connectivity index is 1.67. The Morgan fingerprint density at radius 3 is 2.24 bits per heavy atom. The van der Waals surface area contributed by atoms with Crippen molar-refractivity contribution in [2.75, 3.05) is 0 Å². The van der Waals surface area contributed by atoms with Gasteiger partial charge in [-0.1, -0.05) is 82.2 Å². The number of hydrogen-bond donors (Lipinski definition) is 0. The molecule has 0 aliphatic rings. The van der Waals surface area contributed by atoms with Crippen LogP contribution < -0.4 is 0 Å². The second kappa shape index (κ2) is 10.9. The van der Waals surface area contributed by atoms with E-state index in [0.29, 0.717) is 5.56 Å². The van der Waals surface area contributed by atoms with Crippen molar-refractivity contribution >= 4 is 16.7 Å². The van der Waals surface area contributed by atoms with Crippen molar-refractivity contribution in [3.63, 3.8) is 0 Å². The predicted molar refractivity (Wildman–Crippen MR) is 106 cm³/mol. The highest BCUT2D eigenvalue weighted by molar-refractivity contribution is 5.95. The summed E-state index contributed by atoms with van der Waals surface area (Å²) < 4.78 is 5.61. The van der Waals surface area contributed by atoms with Gasteiger partial charge in [0.1, 0.15) is 0 Å². The van der Waals surface area contributed by atoms with E-state index in [1.807, 2.05) is 43.3 Å². The lowest BCUT2D eigenvalue weighted by Crippen LogP contribution is -2.15. The summed E-state index contributed by atoms with van der Waals surface area (Å²) in [6.07, 6.45) is 11.4. The fourth-order valence-electron chi connectivity index (χ4n) is 3.19. The first kappa shape index (κ1) is 19.5. The molecule has 0 spiro atoms. The molecule has 0 aliphatic carbocycles. The Kier molecular flexibility index (Phi) is 8.51. The van der Waals surface area contributed by atoms with E-state index in [0.717, 1.165) is 23.6 Å². The molecule has 0 amide bonds. The number of carbonyl (C=O) groups is 1. The molecule has 0 N–H and O–H groups in total. The third-order valence-electron chi connectivity index (χ3n) is 4.76. The Morgan fingerprint density at radius 2 is 1.52 bits per heavy atom. The van der Waals surface area contributed by atoms with Crippen molar-refractivity contribution in [1.29, 1.82) is 0 Å². The lowest BCUT2D eigenvalue weighted by Gasteiger charge is -2.13. The third-order valence-corrected chi connectivity index (χ3v) is 4.76. The SMILES string of the molecule is CCCCCCCCCCC(C)OC(=O)c1ccc2ccccc2c1. The zero-order valence-electron chi connectivity index (χ0n) is 15.8. The molecule has 0 radical (unpaired) electrons. The van der Waals surface area contributed by atoms with Gasteiger partial charge in [0, 0.05) is 0 Å². The van der Waals surface area contributed by atoms with Gasteiger partial charge in [-0.15, -0.1) is 0 Å². The quantitative estimate of drug-likeness (QED) is 0.328. The Hall–Kier alpha value is -1.83. The zero-order chi connectivity index (χ0) is 17.9. The summed E-state index contributed by atoms with van der Waals surface area (Å²) in [6, 6.07) is 13.8. The van der Waals surface area contributed by atoms with Crippen LogP contribution in [0, 0.1) is 0 Å². The highest BCUT2D eigenvalue weighted by atomic mass is 16.5. The van der Waals surface area contributed by atoms with Gasteiger partial charge >= 0.3 is 5.97 Å². The predicted octanol–water partition coefficient (Wildman–Crippen LogP) is 6.92. The van der Waals surface area contributed by atoms with E-state index in [2.05, 4.69) is 13.0 Å². The summed E-state index contributed by atoms with van der Waals surface area (Å²) >= 11 is 0. The minimum absolute atomic E-state index is 0.0148. The van der Waals surface area contributed by atoms with Crippen LogP contribution in [0.15, 0.2) is 42.5 Å². The minimum Gasteiger partial charge on any atom is -0.459 e. The van der Waals surface area contributed by atoms with E-state index in [1.165, 1.54) is 44.9 Å². The van der Waals surface area contributed by atoms with Gasteiger partial charge in [-0.3, -0.25) is 0 Å². The number of benzene rings is 2. The summed E-state index contributed by atoms with van der Waals surface area (Å²) in [5.74, 6) is -0.210. The largest absolute Gasteiger partial charge is 0.459 e. The van der Waals surface area contributed by atoms with Crippen LogP contribution in [0.1, 0.15) is 82.0 Å². The number of rotatable bonds is 11. The standard InChI is InChI=1S/C23H32O2/c1-3-4-5-6-7-8-9-10-13-19(2)25-23(24)22-17-16-20-14-11-12-15-21(20)18-22/h11-12,14-19H,3-10,13H2,1-2H3. The summed E-state index contributed by atoms with van der Waals surface area (Å²) in [4.78, 5) is 12.3. The van der Waals surface area contributed by atoms with E-state index < -0.39 is 0 Å². The molecule has 0 saturated heterocycles. The van der Waals surface area contributed by atoms with Crippen molar-refractivity contribution in [1.82, 2.24) is 0 Å². The molecule has 0 bridgehead atoms. The van der Waals surface area contributed by atoms with Crippen LogP contribution in [0.2, 0.25) is 0 Å². The zero-order valence-corrected chi connectivity index (χ0v) is 15.8. The molecule has 1 unspecified atom stereocenters. The number of ether oxygens (including phenoxy) is 1. The molecule has 0 heterocycles. The van der Waals surface area contributed by atoms with E-state index in [9.17, 15) is 4.79 Å². The molecule has 2 aromatic rings. The molecule has 1 atom stereocenters. The monoisotopic (exact) mass is 340 g/mol. The molecular weight excluding hydrogens is 308 g/mol. The third kappa shape index (κ3) is 6.89. The summed E-state index contributed by atoms with van der Waals surface area (Å²) in [7, 11) is 0. The maximum absolute atomic E-state index is 12.3. The molecule has 136 valence electrons. The van der Waals surface area contributed by atoms with Gasteiger partial charge in [0.15, 0.2) is 0 Å². The second-order valence-electron chi connectivity index (χ2n) is 7.04. The Morgan fingerprint density at radius 1 is 0.880 bits per heavy atom. The average molecular weight is 341 g/mol. The number of esters is 1. The fourth-order valence-corrected chi connectivity index (χ4v) is 3.19. The van der Waals surface area contributed by atoms with Crippen molar-refractivity contribution < 1.29 is 9.53 Å². The molecule has 0 fully saturated rings. The van der Waals surface area contributed by atoms with Crippen LogP contribution in [-0.4, -0.2) is 12.1 Å². The van der Waals surface area contributed by atoms with Crippen LogP contribution in [0.3, 0.4) is 0 Å². The van der Waals surface area contributed by atoms with Crippen molar-refractivity contribution in [3.8, 4) is 0 Å². The van der Waals surface area contributed by atoms with Crippen LogP contribution in [0.25, 0.3) is 10.8 Å². The van der Waals surface area contributed by atoms with Crippen LogP contribution in [-0.2, 0) is 4.74 Å². The molecule has 2 heteroatoms. The highest BCUT2D eigenvalue weighted by Crippen LogP contribution is 2.18. The smallest absolute Gasteiger partial charge is 0.338 e. The summed E-state index contributed by atoms with van der Waals surface area (Å²) in [6.45, 7) is 4.25. The summed E-state index contributed by atoms with van der Waals surface area (Å²) in [5.41, 5.74) is 0.640. The average Bonchev–Trinajstić information content (AvgIpc) is 2.63. The van der Waals surface area contributed by atoms with Crippen LogP contribution in [0.5, 0.6) is 0 Å². The molecule has 0 saturated carbocycles. The first-order valence-electron chi connectivity index (χ1n) is 9.90. The topological polar surface area (TPSA) is 26.3 Å². The molecule has 2 aromatic carbocycles. The first-order valence-corrected chi connectivity index (χ1v) is 9.90.